The minimum atomic E-state index is -0.0159. The summed E-state index contributed by atoms with van der Waals surface area (Å²) in [5, 5.41) is 3.84. The van der Waals surface area contributed by atoms with Gasteiger partial charge in [0.2, 0.25) is 0 Å². The Hall–Kier alpha value is -2.17. The fraction of sp³-hybridized carbons (Fsp3) is 0.400. The van der Waals surface area contributed by atoms with Gasteiger partial charge in [-0.2, -0.15) is 0 Å². The summed E-state index contributed by atoms with van der Waals surface area (Å²) in [7, 11) is 0. The van der Waals surface area contributed by atoms with Gasteiger partial charge in [-0.05, 0) is 44.9 Å². The van der Waals surface area contributed by atoms with Crippen molar-refractivity contribution in [1.82, 2.24) is 15.0 Å². The normalized spacial score (nSPS) is 10.6. The summed E-state index contributed by atoms with van der Waals surface area (Å²) in [5.74, 6) is 0.563. The second-order valence-electron chi connectivity index (χ2n) is 4.69. The van der Waals surface area contributed by atoms with Crippen LogP contribution in [0.5, 0.6) is 0 Å². The van der Waals surface area contributed by atoms with E-state index in [-0.39, 0.29) is 5.91 Å². The van der Waals surface area contributed by atoms with Crippen LogP contribution in [0.25, 0.3) is 0 Å². The average Bonchev–Trinajstić information content (AvgIpc) is 2.79. The van der Waals surface area contributed by atoms with Crippen LogP contribution >= 0.6 is 0 Å². The van der Waals surface area contributed by atoms with Gasteiger partial charge in [-0.25, -0.2) is 0 Å². The molecule has 0 aromatic carbocycles. The Labute approximate surface area is 118 Å². The first-order valence-corrected chi connectivity index (χ1v) is 6.74. The number of pyridine rings is 1. The molecule has 2 aromatic heterocycles. The number of aryl methyl sites for hydroxylation is 2. The van der Waals surface area contributed by atoms with E-state index in [1.54, 1.807) is 26.2 Å². The van der Waals surface area contributed by atoms with Crippen LogP contribution in [0, 0.1) is 13.8 Å². The van der Waals surface area contributed by atoms with Gasteiger partial charge in [-0.15, -0.1) is 0 Å². The van der Waals surface area contributed by atoms with Crippen LogP contribution in [0.4, 0.5) is 0 Å². The zero-order valence-electron chi connectivity index (χ0n) is 12.1. The van der Waals surface area contributed by atoms with Crippen molar-refractivity contribution in [2.45, 2.75) is 27.2 Å². The van der Waals surface area contributed by atoms with Crippen molar-refractivity contribution in [3.05, 3.63) is 47.1 Å². The Bertz CT molecular complexity index is 559. The van der Waals surface area contributed by atoms with E-state index in [1.165, 1.54) is 5.56 Å². The molecule has 0 aliphatic rings. The Kier molecular flexibility index (Phi) is 4.50. The quantitative estimate of drug-likeness (QED) is 0.839. The first-order chi connectivity index (χ1) is 9.63. The number of nitrogens with zero attached hydrogens (tertiary/aromatic N) is 3. The predicted molar refractivity (Wildman–Crippen MR) is 75.5 cm³/mol. The Morgan fingerprint density at radius 3 is 2.55 bits per heavy atom. The van der Waals surface area contributed by atoms with Crippen LogP contribution in [0.3, 0.4) is 0 Å². The second-order valence-corrected chi connectivity index (χ2v) is 4.69. The van der Waals surface area contributed by atoms with Crippen molar-refractivity contribution < 1.29 is 9.32 Å². The summed E-state index contributed by atoms with van der Waals surface area (Å²) in [5.41, 5.74) is 2.40. The van der Waals surface area contributed by atoms with Gasteiger partial charge in [0, 0.05) is 25.5 Å². The van der Waals surface area contributed by atoms with Gasteiger partial charge in [0.25, 0.3) is 5.91 Å². The standard InChI is InChI=1S/C15H19N3O2/c1-4-18(10-7-13-5-8-16-9-6-13)15(19)14-11(2)17-20-12(14)3/h5-6,8-9H,4,7,10H2,1-3H3. The zero-order chi connectivity index (χ0) is 14.5. The lowest BCUT2D eigenvalue weighted by Crippen LogP contribution is -2.33. The first-order valence-electron chi connectivity index (χ1n) is 6.74. The van der Waals surface area contributed by atoms with E-state index in [9.17, 15) is 4.79 Å². The molecule has 0 aliphatic heterocycles. The SMILES string of the molecule is CCN(CCc1ccncc1)C(=O)c1c(C)noc1C. The number of aromatic nitrogens is 2. The molecule has 0 saturated heterocycles. The highest BCUT2D eigenvalue weighted by Gasteiger charge is 2.22. The van der Waals surface area contributed by atoms with E-state index in [0.717, 1.165) is 6.42 Å². The maximum atomic E-state index is 12.5. The number of carbonyl (C=O) groups is 1. The van der Waals surface area contributed by atoms with Crippen molar-refractivity contribution in [3.8, 4) is 0 Å². The van der Waals surface area contributed by atoms with Gasteiger partial charge in [0.1, 0.15) is 11.3 Å². The van der Waals surface area contributed by atoms with E-state index in [0.29, 0.717) is 30.1 Å². The lowest BCUT2D eigenvalue weighted by atomic mass is 10.1. The largest absolute Gasteiger partial charge is 0.361 e. The third-order valence-electron chi connectivity index (χ3n) is 3.34. The van der Waals surface area contributed by atoms with E-state index in [2.05, 4.69) is 10.1 Å². The molecule has 0 atom stereocenters. The van der Waals surface area contributed by atoms with Crippen molar-refractivity contribution in [2.24, 2.45) is 0 Å². The molecule has 1 amide bonds. The van der Waals surface area contributed by atoms with Gasteiger partial charge in [-0.1, -0.05) is 5.16 Å². The number of hydrogen-bond donors (Lipinski definition) is 0. The maximum Gasteiger partial charge on any atom is 0.259 e. The average molecular weight is 273 g/mol. The van der Waals surface area contributed by atoms with E-state index in [4.69, 9.17) is 4.52 Å². The summed E-state index contributed by atoms with van der Waals surface area (Å²) in [6.45, 7) is 6.87. The van der Waals surface area contributed by atoms with Gasteiger partial charge in [0.15, 0.2) is 0 Å². The number of likely N-dealkylation sites (N-methyl/N-ethyl adjacent to an activating group) is 1. The van der Waals surface area contributed by atoms with Crippen molar-refractivity contribution in [3.63, 3.8) is 0 Å². The molecule has 0 unspecified atom stereocenters. The molecule has 0 fully saturated rings. The monoisotopic (exact) mass is 273 g/mol. The van der Waals surface area contributed by atoms with E-state index >= 15 is 0 Å². The molecule has 0 saturated carbocycles. The van der Waals surface area contributed by atoms with Crippen molar-refractivity contribution >= 4 is 5.91 Å². The zero-order valence-corrected chi connectivity index (χ0v) is 12.1. The molecule has 0 bridgehead atoms. The van der Waals surface area contributed by atoms with Crippen LogP contribution < -0.4 is 0 Å². The topological polar surface area (TPSA) is 59.2 Å². The molecule has 106 valence electrons. The fourth-order valence-electron chi connectivity index (χ4n) is 2.16. The highest BCUT2D eigenvalue weighted by Crippen LogP contribution is 2.15. The number of hydrogen-bond acceptors (Lipinski definition) is 4. The molecule has 0 aliphatic carbocycles. The molecule has 5 nitrogen and oxygen atoms in total. The van der Waals surface area contributed by atoms with Crippen LogP contribution in [0.15, 0.2) is 29.0 Å². The first kappa shape index (κ1) is 14.2. The van der Waals surface area contributed by atoms with Gasteiger partial charge in [-0.3, -0.25) is 9.78 Å². The van der Waals surface area contributed by atoms with E-state index in [1.807, 2.05) is 24.0 Å². The fourth-order valence-corrected chi connectivity index (χ4v) is 2.16. The molecule has 2 heterocycles. The van der Waals surface area contributed by atoms with Gasteiger partial charge < -0.3 is 9.42 Å². The molecule has 0 spiro atoms. The summed E-state index contributed by atoms with van der Waals surface area (Å²) in [6.07, 6.45) is 4.34. The summed E-state index contributed by atoms with van der Waals surface area (Å²) in [6, 6.07) is 3.93. The summed E-state index contributed by atoms with van der Waals surface area (Å²) < 4.78 is 5.07. The number of amides is 1. The molecular formula is C15H19N3O2. The van der Waals surface area contributed by atoms with Crippen LogP contribution in [0.2, 0.25) is 0 Å². The van der Waals surface area contributed by atoms with E-state index < -0.39 is 0 Å². The highest BCUT2D eigenvalue weighted by atomic mass is 16.5. The third-order valence-corrected chi connectivity index (χ3v) is 3.34. The second kappa shape index (κ2) is 6.32. The molecule has 2 aromatic rings. The van der Waals surface area contributed by atoms with Crippen LogP contribution in [-0.2, 0) is 6.42 Å². The smallest absolute Gasteiger partial charge is 0.259 e. The molecule has 2 rings (SSSR count). The molecule has 0 radical (unpaired) electrons. The minimum Gasteiger partial charge on any atom is -0.361 e. The van der Waals surface area contributed by atoms with Crippen molar-refractivity contribution in [1.29, 1.82) is 0 Å². The molecule has 20 heavy (non-hydrogen) atoms. The Morgan fingerprint density at radius 1 is 1.30 bits per heavy atom. The molecule has 0 N–H and O–H groups in total. The molecule has 5 heteroatoms. The Balaban J connectivity index is 2.07. The van der Waals surface area contributed by atoms with Crippen LogP contribution in [-0.4, -0.2) is 34.0 Å². The van der Waals surface area contributed by atoms with Gasteiger partial charge in [0.05, 0.1) is 5.69 Å². The highest BCUT2D eigenvalue weighted by molar-refractivity contribution is 5.96. The van der Waals surface area contributed by atoms with Crippen LogP contribution in [0.1, 0.15) is 34.3 Å². The predicted octanol–water partition coefficient (Wildman–Crippen LogP) is 2.39. The lowest BCUT2D eigenvalue weighted by Gasteiger charge is -2.20. The summed E-state index contributed by atoms with van der Waals surface area (Å²) in [4.78, 5) is 18.3. The van der Waals surface area contributed by atoms with Crippen molar-refractivity contribution in [2.75, 3.05) is 13.1 Å². The molecular weight excluding hydrogens is 254 g/mol. The lowest BCUT2D eigenvalue weighted by molar-refractivity contribution is 0.0764. The third kappa shape index (κ3) is 3.04. The minimum absolute atomic E-state index is 0.0159. The number of carbonyl (C=O) groups excluding carboxylic acids is 1. The maximum absolute atomic E-state index is 12.5. The van der Waals surface area contributed by atoms with Gasteiger partial charge >= 0.3 is 0 Å². The number of rotatable bonds is 5. The summed E-state index contributed by atoms with van der Waals surface area (Å²) >= 11 is 0. The Morgan fingerprint density at radius 2 is 2.00 bits per heavy atom.